The second-order valence-corrected chi connectivity index (χ2v) is 11.2. The van der Waals surface area contributed by atoms with Crippen LogP contribution in [0.5, 0.6) is 0 Å². The number of rotatable bonds is 7. The van der Waals surface area contributed by atoms with Crippen molar-refractivity contribution in [2.75, 3.05) is 44.2 Å². The van der Waals surface area contributed by atoms with Gasteiger partial charge in [0.05, 0.1) is 16.0 Å². The first-order chi connectivity index (χ1) is 17.7. The molecule has 2 saturated heterocycles. The third kappa shape index (κ3) is 6.44. The van der Waals surface area contributed by atoms with Crippen LogP contribution in [0.3, 0.4) is 0 Å². The van der Waals surface area contributed by atoms with Crippen molar-refractivity contribution in [3.63, 3.8) is 0 Å². The summed E-state index contributed by atoms with van der Waals surface area (Å²) < 4.78 is 0. The summed E-state index contributed by atoms with van der Waals surface area (Å²) in [4.78, 5) is 31.9. The Kier molecular flexibility index (Phi) is 9.08. The number of aliphatic hydroxyl groups is 1. The summed E-state index contributed by atoms with van der Waals surface area (Å²) in [5.74, 6) is -1.19. The zero-order chi connectivity index (χ0) is 26.7. The molecule has 2 fully saturated rings. The number of piperidine rings is 1. The zero-order valence-electron chi connectivity index (χ0n) is 20.7. The third-order valence-electron chi connectivity index (χ3n) is 7.01. The fourth-order valence-corrected chi connectivity index (χ4v) is 6.23. The van der Waals surface area contributed by atoms with E-state index in [-0.39, 0.29) is 11.8 Å². The Morgan fingerprint density at radius 1 is 1.03 bits per heavy atom. The Bertz CT molecular complexity index is 1180. The first kappa shape index (κ1) is 27.8. The number of piperazine rings is 1. The molecule has 1 amide bonds. The van der Waals surface area contributed by atoms with Crippen LogP contribution in [0.1, 0.15) is 25.3 Å². The lowest BCUT2D eigenvalue weighted by Gasteiger charge is -2.36. The zero-order valence-corrected chi connectivity index (χ0v) is 23.0. The van der Waals surface area contributed by atoms with Gasteiger partial charge >= 0.3 is 5.97 Å². The van der Waals surface area contributed by atoms with Crippen molar-refractivity contribution < 1.29 is 19.8 Å². The fourth-order valence-electron chi connectivity index (χ4n) is 4.70. The van der Waals surface area contributed by atoms with Crippen LogP contribution in [0.2, 0.25) is 10.0 Å². The van der Waals surface area contributed by atoms with Crippen LogP contribution in [-0.2, 0) is 9.59 Å². The van der Waals surface area contributed by atoms with Gasteiger partial charge in [0.15, 0.2) is 0 Å². The van der Waals surface area contributed by atoms with E-state index >= 15 is 0 Å². The lowest BCUT2D eigenvalue weighted by molar-refractivity contribution is -0.142. The Labute approximate surface area is 231 Å². The Balaban J connectivity index is 1.43. The first-order valence-electron chi connectivity index (χ1n) is 12.3. The number of aliphatic hydroxyl groups excluding tert-OH is 1. The van der Waals surface area contributed by atoms with Crippen molar-refractivity contribution in [1.29, 1.82) is 0 Å². The standard InChI is InChI=1S/C27H31Cl2N3O4S/c1-17(26(34)32-14-12-30(13-15-32)18(2)33)22-6-7-23(25(29)24(22)28)37-21-5-3-4-20(16-21)31-10-8-19(9-11-31)27(35)36/h3-7,16,18-19,33H,1,8-15H2,2H3,(H,35,36). The maximum absolute atomic E-state index is 13.1. The van der Waals surface area contributed by atoms with Gasteiger partial charge in [-0.05, 0) is 44.0 Å². The van der Waals surface area contributed by atoms with Gasteiger partial charge in [-0.15, -0.1) is 0 Å². The molecule has 2 aromatic rings. The molecule has 0 aromatic heterocycles. The molecule has 4 rings (SSSR count). The van der Waals surface area contributed by atoms with Gasteiger partial charge in [-0.2, -0.15) is 0 Å². The van der Waals surface area contributed by atoms with E-state index in [1.807, 2.05) is 29.2 Å². The summed E-state index contributed by atoms with van der Waals surface area (Å²) in [6.07, 6.45) is 0.728. The number of carbonyl (C=O) groups excluding carboxylic acids is 1. The second-order valence-electron chi connectivity index (χ2n) is 9.38. The van der Waals surface area contributed by atoms with E-state index in [0.717, 1.165) is 15.5 Å². The van der Waals surface area contributed by atoms with Crippen molar-refractivity contribution in [2.24, 2.45) is 5.92 Å². The summed E-state index contributed by atoms with van der Waals surface area (Å²) in [5.41, 5.74) is 1.84. The Hall–Kier alpha value is -2.23. The molecule has 0 radical (unpaired) electrons. The normalized spacial score (nSPS) is 18.1. The van der Waals surface area contributed by atoms with Crippen LogP contribution in [0.15, 0.2) is 52.8 Å². The van der Waals surface area contributed by atoms with Crippen LogP contribution in [0, 0.1) is 5.92 Å². The molecule has 2 aromatic carbocycles. The smallest absolute Gasteiger partial charge is 0.306 e. The van der Waals surface area contributed by atoms with Gasteiger partial charge in [0.1, 0.15) is 6.23 Å². The molecule has 10 heteroatoms. The average Bonchev–Trinajstić information content (AvgIpc) is 2.91. The van der Waals surface area contributed by atoms with Crippen LogP contribution in [0.4, 0.5) is 5.69 Å². The van der Waals surface area contributed by atoms with Crippen LogP contribution in [0.25, 0.3) is 5.57 Å². The minimum absolute atomic E-state index is 0.192. The fraction of sp³-hybridized carbons (Fsp3) is 0.407. The summed E-state index contributed by atoms with van der Waals surface area (Å²) in [7, 11) is 0. The van der Waals surface area contributed by atoms with Crippen LogP contribution in [-0.4, -0.2) is 77.4 Å². The molecule has 0 saturated carbocycles. The van der Waals surface area contributed by atoms with Crippen LogP contribution < -0.4 is 4.90 Å². The first-order valence-corrected chi connectivity index (χ1v) is 13.9. The van der Waals surface area contributed by atoms with Crippen molar-refractivity contribution in [1.82, 2.24) is 9.80 Å². The van der Waals surface area contributed by atoms with Crippen molar-refractivity contribution >= 4 is 58.1 Å². The lowest BCUT2D eigenvalue weighted by atomic mass is 9.97. The van der Waals surface area contributed by atoms with Gasteiger partial charge in [0, 0.05) is 65.9 Å². The van der Waals surface area contributed by atoms with Gasteiger partial charge < -0.3 is 20.0 Å². The number of anilines is 1. The van der Waals surface area contributed by atoms with Crippen molar-refractivity contribution in [3.8, 4) is 0 Å². The highest BCUT2D eigenvalue weighted by atomic mass is 35.5. The number of aliphatic carboxylic acids is 1. The maximum atomic E-state index is 13.1. The minimum Gasteiger partial charge on any atom is -0.481 e. The topological polar surface area (TPSA) is 84.3 Å². The summed E-state index contributed by atoms with van der Waals surface area (Å²) in [6.45, 7) is 9.34. The van der Waals surface area contributed by atoms with E-state index in [4.69, 9.17) is 23.2 Å². The third-order valence-corrected chi connectivity index (χ3v) is 9.06. The number of hydrogen-bond donors (Lipinski definition) is 2. The Morgan fingerprint density at radius 3 is 2.32 bits per heavy atom. The number of nitrogens with zero attached hydrogens (tertiary/aromatic N) is 3. The quantitative estimate of drug-likeness (QED) is 0.461. The molecule has 198 valence electrons. The minimum atomic E-state index is -0.720. The van der Waals surface area contributed by atoms with Crippen molar-refractivity contribution in [3.05, 3.63) is 58.6 Å². The van der Waals surface area contributed by atoms with Gasteiger partial charge in [0.2, 0.25) is 0 Å². The van der Waals surface area contributed by atoms with E-state index in [1.165, 1.54) is 11.8 Å². The summed E-state index contributed by atoms with van der Waals surface area (Å²) >= 11 is 14.8. The molecule has 7 nitrogen and oxygen atoms in total. The molecule has 37 heavy (non-hydrogen) atoms. The molecule has 1 unspecified atom stereocenters. The highest BCUT2D eigenvalue weighted by Gasteiger charge is 2.27. The van der Waals surface area contributed by atoms with E-state index in [1.54, 1.807) is 17.9 Å². The largest absolute Gasteiger partial charge is 0.481 e. The van der Waals surface area contributed by atoms with E-state index in [2.05, 4.69) is 17.5 Å². The lowest BCUT2D eigenvalue weighted by Crippen LogP contribution is -2.51. The number of carbonyl (C=O) groups is 2. The molecule has 0 aliphatic carbocycles. The molecular formula is C27H31Cl2N3O4S. The van der Waals surface area contributed by atoms with Crippen molar-refractivity contribution in [2.45, 2.75) is 35.8 Å². The van der Waals surface area contributed by atoms with E-state index in [9.17, 15) is 19.8 Å². The summed E-state index contributed by atoms with van der Waals surface area (Å²) in [6, 6.07) is 11.7. The van der Waals surface area contributed by atoms with E-state index in [0.29, 0.717) is 73.3 Å². The molecule has 2 heterocycles. The van der Waals surface area contributed by atoms with Gasteiger partial charge in [-0.1, -0.05) is 53.7 Å². The number of amides is 1. The molecular weight excluding hydrogens is 533 g/mol. The molecule has 2 N–H and O–H groups in total. The van der Waals surface area contributed by atoms with E-state index < -0.39 is 12.2 Å². The van der Waals surface area contributed by atoms with Gasteiger partial charge in [-0.25, -0.2) is 0 Å². The number of carboxylic acids is 1. The highest BCUT2D eigenvalue weighted by molar-refractivity contribution is 7.99. The predicted octanol–water partition coefficient (Wildman–Crippen LogP) is 4.94. The number of benzene rings is 2. The SMILES string of the molecule is C=C(C(=O)N1CCN(C(C)O)CC1)c1ccc(Sc2cccc(N3CCC(C(=O)O)CC3)c2)c(Cl)c1Cl. The van der Waals surface area contributed by atoms with Crippen LogP contribution >= 0.6 is 35.0 Å². The molecule has 1 atom stereocenters. The molecule has 0 bridgehead atoms. The Morgan fingerprint density at radius 2 is 1.70 bits per heavy atom. The molecule has 2 aliphatic heterocycles. The average molecular weight is 565 g/mol. The molecule has 0 spiro atoms. The number of halogens is 2. The van der Waals surface area contributed by atoms with Gasteiger partial charge in [0.25, 0.3) is 5.91 Å². The highest BCUT2D eigenvalue weighted by Crippen LogP contribution is 2.41. The van der Waals surface area contributed by atoms with Gasteiger partial charge in [-0.3, -0.25) is 14.5 Å². The molecule has 2 aliphatic rings. The number of hydrogen-bond acceptors (Lipinski definition) is 6. The predicted molar refractivity (Wildman–Crippen MR) is 148 cm³/mol. The number of carboxylic acid groups (broad SMARTS) is 1. The summed E-state index contributed by atoms with van der Waals surface area (Å²) in [5, 5.41) is 19.7. The second kappa shape index (κ2) is 12.1. The monoisotopic (exact) mass is 563 g/mol. The maximum Gasteiger partial charge on any atom is 0.306 e.